The molecule has 0 aromatic heterocycles. The Morgan fingerprint density at radius 1 is 0.841 bits per heavy atom. The highest BCUT2D eigenvalue weighted by molar-refractivity contribution is 7.81. The summed E-state index contributed by atoms with van der Waals surface area (Å²) in [6.45, 7) is 30.5. The summed E-state index contributed by atoms with van der Waals surface area (Å²) < 4.78 is 70.5. The first-order valence-corrected chi connectivity index (χ1v) is 30.2. The van der Waals surface area contributed by atoms with Crippen LogP contribution in [-0.2, 0) is 46.3 Å². The summed E-state index contributed by atoms with van der Waals surface area (Å²) in [6, 6.07) is 0. The molecule has 1 unspecified atom stereocenters. The van der Waals surface area contributed by atoms with Crippen LogP contribution in [0, 0.1) is 0 Å². The van der Waals surface area contributed by atoms with Gasteiger partial charge in [-0.15, -0.1) is 0 Å². The van der Waals surface area contributed by atoms with Gasteiger partial charge >= 0.3 is 7.80 Å². The van der Waals surface area contributed by atoms with E-state index in [2.05, 4.69) is 0 Å². The van der Waals surface area contributed by atoms with Crippen LogP contribution < -0.4 is 5.11 Å². The number of aldehydes is 1. The molecule has 0 fully saturated rings. The van der Waals surface area contributed by atoms with Gasteiger partial charge in [0.15, 0.2) is 12.9 Å². The largest absolute Gasteiger partial charge is 0.838 e. The van der Waals surface area contributed by atoms with Gasteiger partial charge in [0.25, 0.3) is 0 Å². The number of hydrogen-bond acceptors (Lipinski definition) is 12. The predicted octanol–water partition coefficient (Wildman–Crippen LogP) is 7.44. The lowest BCUT2D eigenvalue weighted by molar-refractivity contribution is -0.404. The van der Waals surface area contributed by atoms with Crippen LogP contribution in [0.4, 0.5) is 0 Å². The molecular formula is C25H63O12P7. The second kappa shape index (κ2) is 27.5. The van der Waals surface area contributed by atoms with E-state index >= 15 is 0 Å². The summed E-state index contributed by atoms with van der Waals surface area (Å²) in [5.41, 5.74) is -0.201. The second-order valence-electron chi connectivity index (χ2n) is 11.7. The lowest BCUT2D eigenvalue weighted by atomic mass is 10.6. The lowest BCUT2D eigenvalue weighted by Gasteiger charge is -2.43. The molecule has 19 heteroatoms. The first kappa shape index (κ1) is 59.9. The third-order valence-electron chi connectivity index (χ3n) is 4.04. The van der Waals surface area contributed by atoms with Gasteiger partial charge in [-0.1, -0.05) is 11.5 Å². The fraction of sp³-hybridized carbons (Fsp3) is 0.880. The average molecular weight is 773 g/mol. The van der Waals surface area contributed by atoms with Gasteiger partial charge in [-0.3, -0.25) is 9.36 Å². The first-order chi connectivity index (χ1) is 18.7. The van der Waals surface area contributed by atoms with Gasteiger partial charge in [-0.05, 0) is 99.4 Å². The van der Waals surface area contributed by atoms with Gasteiger partial charge in [0, 0.05) is 28.4 Å². The Morgan fingerprint density at radius 2 is 1.00 bits per heavy atom. The van der Waals surface area contributed by atoms with Gasteiger partial charge in [0.05, 0.1) is 14.3 Å². The van der Waals surface area contributed by atoms with Crippen molar-refractivity contribution in [3.63, 3.8) is 0 Å². The van der Waals surface area contributed by atoms with Crippen LogP contribution in [0.25, 0.3) is 0 Å². The molecule has 0 aliphatic carbocycles. The predicted molar refractivity (Wildman–Crippen MR) is 195 cm³/mol. The van der Waals surface area contributed by atoms with Crippen molar-refractivity contribution in [2.75, 3.05) is 93.3 Å². The van der Waals surface area contributed by atoms with Crippen molar-refractivity contribution < 1.29 is 56.3 Å². The minimum absolute atomic E-state index is 0.167. The molecule has 270 valence electrons. The quantitative estimate of drug-likeness (QED) is 0.207. The van der Waals surface area contributed by atoms with Gasteiger partial charge < -0.3 is 42.4 Å². The van der Waals surface area contributed by atoms with Crippen LogP contribution in [0.1, 0.15) is 41.5 Å². The molecule has 0 bridgehead atoms. The monoisotopic (exact) mass is 772 g/mol. The highest BCUT2D eigenvalue weighted by atomic mass is 31.2. The van der Waals surface area contributed by atoms with Crippen molar-refractivity contribution in [3.8, 4) is 0 Å². The maximum absolute atomic E-state index is 11.6. The van der Waals surface area contributed by atoms with Crippen molar-refractivity contribution in [2.45, 2.75) is 52.5 Å². The maximum atomic E-state index is 11.6. The molecule has 0 aromatic rings. The molecule has 0 saturated carbocycles. The molecule has 12 nitrogen and oxygen atoms in total. The SMILES string of the molecule is CC(=O)P(C)(C)=O.CC(C)=O.CC(OP(C)(C)=O)P(C)(C)=O.CC([O-])(P(C)(C)=O)P(C)(C)=O.CC=O.CP(C)O.C[P+](C)=O. The van der Waals surface area contributed by atoms with Crippen LogP contribution in [0.3, 0.4) is 0 Å². The molecule has 0 amide bonds. The first-order valence-electron chi connectivity index (χ1n) is 12.9. The molecule has 0 aliphatic rings. The second-order valence-corrected chi connectivity index (χ2v) is 32.1. The van der Waals surface area contributed by atoms with E-state index in [0.717, 1.165) is 6.29 Å². The van der Waals surface area contributed by atoms with E-state index in [9.17, 15) is 42.1 Å². The summed E-state index contributed by atoms with van der Waals surface area (Å²) in [6.07, 6.45) is 0.750. The van der Waals surface area contributed by atoms with E-state index in [-0.39, 0.29) is 11.3 Å². The van der Waals surface area contributed by atoms with Crippen LogP contribution in [0.5, 0.6) is 0 Å². The fourth-order valence-corrected chi connectivity index (χ4v) is 8.02. The van der Waals surface area contributed by atoms with Crippen molar-refractivity contribution in [1.29, 1.82) is 0 Å². The Bertz CT molecular complexity index is 1010. The topological polar surface area (TPSA) is 206 Å². The summed E-state index contributed by atoms with van der Waals surface area (Å²) in [7, 11) is -14.2. The Kier molecular flexibility index (Phi) is 37.5. The van der Waals surface area contributed by atoms with Gasteiger partial charge in [0.2, 0.25) is 0 Å². The zero-order valence-electron chi connectivity index (χ0n) is 30.7. The highest BCUT2D eigenvalue weighted by Gasteiger charge is 2.35. The smallest absolute Gasteiger partial charge is 0.332 e. The summed E-state index contributed by atoms with van der Waals surface area (Å²) in [4.78, 5) is 36.6. The Morgan fingerprint density at radius 3 is 1.02 bits per heavy atom. The number of carbonyl (C=O) groups excluding carboxylic acids is 3. The van der Waals surface area contributed by atoms with Gasteiger partial charge in [-0.25, -0.2) is 0 Å². The molecule has 0 saturated heterocycles. The molecule has 0 aliphatic heterocycles. The normalized spacial score (nSPS) is 12.0. The van der Waals surface area contributed by atoms with Crippen molar-refractivity contribution in [2.24, 2.45) is 0 Å². The van der Waals surface area contributed by atoms with E-state index in [1.807, 2.05) is 0 Å². The van der Waals surface area contributed by atoms with E-state index in [0.29, 0.717) is 0 Å². The third-order valence-corrected chi connectivity index (χ3v) is 15.3. The molecule has 0 aromatic carbocycles. The summed E-state index contributed by atoms with van der Waals surface area (Å²) in [5, 5.41) is 9.86. The van der Waals surface area contributed by atoms with E-state index < -0.39 is 62.8 Å². The summed E-state index contributed by atoms with van der Waals surface area (Å²) >= 11 is 0. The zero-order chi connectivity index (χ0) is 38.3. The molecule has 1 N–H and O–H groups in total. The molecule has 0 radical (unpaired) electrons. The van der Waals surface area contributed by atoms with Crippen LogP contribution in [0.15, 0.2) is 0 Å². The molecule has 0 spiro atoms. The number of hydrogen-bond donors (Lipinski definition) is 1. The van der Waals surface area contributed by atoms with Crippen molar-refractivity contribution in [1.82, 2.24) is 0 Å². The fourth-order valence-electron chi connectivity index (χ4n) is 1.06. The van der Waals surface area contributed by atoms with E-state index in [1.165, 1.54) is 87.9 Å². The number of ketones is 1. The van der Waals surface area contributed by atoms with Crippen LogP contribution in [-0.4, -0.2) is 127 Å². The standard InChI is InChI=1S/C6H16O3P2.C6H15O3P2.C4H9O2P.C3H6O.C2H7OP.C2H6OP.C2H4O/c1-6(10(2,3)7)9-11(4,5)8;1-6(7,10(2,3)8)11(4,5)9;1-4(5)7(2,3)6;1-3(2)4;2*1-4(2)3;1-2-3/h6H,1-5H3;1-5H3;1-3H3;1-2H3;3H,1-2H3;1-2H3;2H,1H3/q;-1;;;;+1;. The molecule has 0 rings (SSSR count). The minimum atomic E-state index is -2.81. The molecule has 1 atom stereocenters. The third kappa shape index (κ3) is 58.1. The highest BCUT2D eigenvalue weighted by Crippen LogP contribution is 2.66. The summed E-state index contributed by atoms with van der Waals surface area (Å²) in [5.74, 6) is -0.233. The van der Waals surface area contributed by atoms with Crippen molar-refractivity contribution in [3.05, 3.63) is 0 Å². The minimum Gasteiger partial charge on any atom is -0.838 e. The Labute approximate surface area is 271 Å². The average Bonchev–Trinajstić information content (AvgIpc) is 2.63. The van der Waals surface area contributed by atoms with Crippen LogP contribution >= 0.6 is 51.9 Å². The zero-order valence-corrected chi connectivity index (χ0v) is 37.0. The van der Waals surface area contributed by atoms with Crippen molar-refractivity contribution >= 4 is 69.5 Å². The van der Waals surface area contributed by atoms with Gasteiger partial charge in [-0.2, -0.15) is 0 Å². The van der Waals surface area contributed by atoms with E-state index in [1.54, 1.807) is 46.9 Å². The Hall–Kier alpha value is 0.570. The lowest BCUT2D eigenvalue weighted by Crippen LogP contribution is -2.38. The van der Waals surface area contributed by atoms with Crippen LogP contribution in [0.2, 0.25) is 0 Å². The number of carbonyl (C=O) groups is 3. The molecular weight excluding hydrogens is 709 g/mol. The maximum Gasteiger partial charge on any atom is 0.332 e. The van der Waals surface area contributed by atoms with Gasteiger partial charge in [0.1, 0.15) is 45.5 Å². The number of rotatable bonds is 6. The Balaban J connectivity index is -0.0000000771. The molecule has 0 heterocycles. The number of Topliss-reactive ketones (excluding diaryl/α,β-unsaturated/α-hetero) is 1. The van der Waals surface area contributed by atoms with E-state index in [4.69, 9.17) is 14.2 Å². The molecule has 44 heavy (non-hydrogen) atoms.